The maximum absolute atomic E-state index is 14.5. The second-order valence-electron chi connectivity index (χ2n) is 16.3. The van der Waals surface area contributed by atoms with E-state index >= 15 is 0 Å². The smallest absolute Gasteiger partial charge is 0.312 e. The van der Waals surface area contributed by atoms with E-state index in [1.54, 1.807) is 4.90 Å². The van der Waals surface area contributed by atoms with Gasteiger partial charge < -0.3 is 47.5 Å². The van der Waals surface area contributed by atoms with Crippen molar-refractivity contribution in [3.63, 3.8) is 0 Å². The van der Waals surface area contributed by atoms with Gasteiger partial charge in [-0.25, -0.2) is 4.79 Å². The number of aromatic nitrogens is 1. The Kier molecular flexibility index (Phi) is 15.7. The number of nitrogens with two attached hydrogens (primary N) is 1. The zero-order chi connectivity index (χ0) is 41.6. The summed E-state index contributed by atoms with van der Waals surface area (Å²) in [5.74, 6) is -1.80. The molecule has 9 N–H and O–H groups in total. The Balaban J connectivity index is 1.28. The van der Waals surface area contributed by atoms with E-state index in [9.17, 15) is 28.8 Å². The third-order valence-electron chi connectivity index (χ3n) is 12.0. The molecular weight excluding hydrogens is 751 g/mol. The van der Waals surface area contributed by atoms with E-state index in [-0.39, 0.29) is 43.7 Å². The highest BCUT2D eigenvalue weighted by molar-refractivity contribution is 5.96. The van der Waals surface area contributed by atoms with Crippen LogP contribution in [-0.4, -0.2) is 102 Å². The van der Waals surface area contributed by atoms with Gasteiger partial charge in [-0.3, -0.25) is 24.0 Å². The SMILES string of the molecule is NC(=O)NCCC[C@@H]1NC(=O)[C@H](Cc2c[nH]c3ccccc23)NC(=O)[C@H](CC2CCCCC2)NC(=O)[C@@H]2CCCN2C(=O)[C@@H](NCCc2ccccc2)CCCNC1=O. The number of carbonyl (C=O) groups is 6. The monoisotopic (exact) mass is 811 g/mol. The molecule has 0 spiro atoms. The van der Waals surface area contributed by atoms with E-state index in [2.05, 4.69) is 36.9 Å². The minimum Gasteiger partial charge on any atom is -0.361 e. The first kappa shape index (κ1) is 43.1. The van der Waals surface area contributed by atoms with Gasteiger partial charge in [-0.15, -0.1) is 0 Å². The molecule has 7 amide bonds. The van der Waals surface area contributed by atoms with Gasteiger partial charge in [0.25, 0.3) is 0 Å². The highest BCUT2D eigenvalue weighted by atomic mass is 16.2. The number of hydrogen-bond donors (Lipinski definition) is 8. The molecule has 3 heterocycles. The van der Waals surface area contributed by atoms with Gasteiger partial charge in [0.15, 0.2) is 0 Å². The van der Waals surface area contributed by atoms with Gasteiger partial charge in [0.1, 0.15) is 24.2 Å². The highest BCUT2D eigenvalue weighted by Gasteiger charge is 2.39. The molecule has 2 saturated heterocycles. The maximum Gasteiger partial charge on any atom is 0.312 e. The van der Waals surface area contributed by atoms with Crippen molar-refractivity contribution in [3.8, 4) is 0 Å². The fourth-order valence-electron chi connectivity index (χ4n) is 8.81. The third-order valence-corrected chi connectivity index (χ3v) is 12.0. The number of aromatic amines is 1. The average molecular weight is 812 g/mol. The van der Waals surface area contributed by atoms with Crippen molar-refractivity contribution in [2.45, 2.75) is 120 Å². The van der Waals surface area contributed by atoms with Crippen LogP contribution in [0.1, 0.15) is 88.2 Å². The molecule has 59 heavy (non-hydrogen) atoms. The topological polar surface area (TPSA) is 220 Å². The van der Waals surface area contributed by atoms with Crippen molar-refractivity contribution in [2.24, 2.45) is 11.7 Å². The average Bonchev–Trinajstić information content (AvgIpc) is 3.90. The predicted molar refractivity (Wildman–Crippen MR) is 225 cm³/mol. The molecule has 3 aliphatic rings. The van der Waals surface area contributed by atoms with Crippen LogP contribution in [0.15, 0.2) is 60.8 Å². The van der Waals surface area contributed by atoms with E-state index in [4.69, 9.17) is 5.73 Å². The van der Waals surface area contributed by atoms with Gasteiger partial charge in [0, 0.05) is 43.2 Å². The summed E-state index contributed by atoms with van der Waals surface area (Å²) in [4.78, 5) is 87.5. The van der Waals surface area contributed by atoms with Gasteiger partial charge in [-0.05, 0) is 81.0 Å². The Morgan fingerprint density at radius 1 is 0.746 bits per heavy atom. The van der Waals surface area contributed by atoms with E-state index in [0.717, 1.165) is 54.1 Å². The van der Waals surface area contributed by atoms with E-state index < -0.39 is 54.0 Å². The summed E-state index contributed by atoms with van der Waals surface area (Å²) < 4.78 is 0. The zero-order valence-electron chi connectivity index (χ0n) is 33.9. The van der Waals surface area contributed by atoms with Crippen molar-refractivity contribution >= 4 is 46.5 Å². The summed E-state index contributed by atoms with van der Waals surface area (Å²) in [5, 5.41) is 18.8. The molecule has 0 unspecified atom stereocenters. The maximum atomic E-state index is 14.5. The van der Waals surface area contributed by atoms with Crippen LogP contribution in [0, 0.1) is 5.92 Å². The lowest BCUT2D eigenvalue weighted by molar-refractivity contribution is -0.141. The second kappa shape index (κ2) is 21.5. The first-order valence-electron chi connectivity index (χ1n) is 21.5. The number of nitrogens with one attached hydrogen (secondary N) is 7. The Hall–Kier alpha value is -5.44. The first-order valence-corrected chi connectivity index (χ1v) is 21.5. The van der Waals surface area contributed by atoms with Crippen molar-refractivity contribution < 1.29 is 28.8 Å². The minimum atomic E-state index is -1.10. The molecule has 1 aromatic heterocycles. The predicted octanol–water partition coefficient (Wildman–Crippen LogP) is 2.69. The van der Waals surface area contributed by atoms with Crippen LogP contribution in [0.2, 0.25) is 0 Å². The third kappa shape index (κ3) is 12.3. The van der Waals surface area contributed by atoms with Crippen molar-refractivity contribution in [2.75, 3.05) is 26.2 Å². The van der Waals surface area contributed by atoms with Crippen molar-refractivity contribution in [3.05, 3.63) is 71.9 Å². The molecular formula is C44H61N9O6. The van der Waals surface area contributed by atoms with Gasteiger partial charge in [-0.2, -0.15) is 0 Å². The first-order chi connectivity index (χ1) is 28.7. The molecule has 15 heteroatoms. The van der Waals surface area contributed by atoms with E-state index in [1.165, 1.54) is 0 Å². The number of urea groups is 1. The summed E-state index contributed by atoms with van der Waals surface area (Å²) in [6.07, 6.45) is 10.6. The number of primary amides is 1. The minimum absolute atomic E-state index is 0.118. The molecule has 318 valence electrons. The quantitative estimate of drug-likeness (QED) is 0.128. The van der Waals surface area contributed by atoms with Gasteiger partial charge in [0.2, 0.25) is 29.5 Å². The molecule has 2 aromatic carbocycles. The van der Waals surface area contributed by atoms with Crippen LogP contribution in [0.25, 0.3) is 10.9 Å². The Morgan fingerprint density at radius 3 is 2.27 bits per heavy atom. The van der Waals surface area contributed by atoms with Crippen molar-refractivity contribution in [1.82, 2.24) is 41.8 Å². The van der Waals surface area contributed by atoms with E-state index in [0.29, 0.717) is 58.0 Å². The number of hydrogen-bond acceptors (Lipinski definition) is 7. The molecule has 2 aliphatic heterocycles. The lowest BCUT2D eigenvalue weighted by Crippen LogP contribution is -2.59. The number of fused-ring (bicyclic) bond motifs is 2. The number of rotatable bonds is 12. The molecule has 0 radical (unpaired) electrons. The zero-order valence-corrected chi connectivity index (χ0v) is 33.9. The molecule has 5 atom stereocenters. The second-order valence-corrected chi connectivity index (χ2v) is 16.3. The number of H-pyrrole nitrogens is 1. The van der Waals surface area contributed by atoms with Crippen LogP contribution in [0.5, 0.6) is 0 Å². The van der Waals surface area contributed by atoms with E-state index in [1.807, 2.05) is 60.8 Å². The Morgan fingerprint density at radius 2 is 1.47 bits per heavy atom. The number of benzene rings is 2. The van der Waals surface area contributed by atoms with Crippen LogP contribution < -0.4 is 37.6 Å². The van der Waals surface area contributed by atoms with Crippen molar-refractivity contribution in [1.29, 1.82) is 0 Å². The molecule has 3 aromatic rings. The Bertz CT molecular complexity index is 1900. The number of amides is 7. The lowest BCUT2D eigenvalue weighted by atomic mass is 9.84. The van der Waals surface area contributed by atoms with Gasteiger partial charge in [-0.1, -0.05) is 80.6 Å². The number of carbonyl (C=O) groups excluding carboxylic acids is 6. The van der Waals surface area contributed by atoms with Crippen LogP contribution in [-0.2, 0) is 36.8 Å². The lowest BCUT2D eigenvalue weighted by Gasteiger charge is -2.32. The summed E-state index contributed by atoms with van der Waals surface area (Å²) >= 11 is 0. The van der Waals surface area contributed by atoms with Crippen LogP contribution in [0.4, 0.5) is 4.79 Å². The molecule has 1 aliphatic carbocycles. The van der Waals surface area contributed by atoms with Crippen LogP contribution >= 0.6 is 0 Å². The van der Waals surface area contributed by atoms with Gasteiger partial charge >= 0.3 is 6.03 Å². The molecule has 15 nitrogen and oxygen atoms in total. The van der Waals surface area contributed by atoms with Gasteiger partial charge in [0.05, 0.1) is 6.04 Å². The highest BCUT2D eigenvalue weighted by Crippen LogP contribution is 2.28. The molecule has 1 saturated carbocycles. The summed E-state index contributed by atoms with van der Waals surface area (Å²) in [7, 11) is 0. The summed E-state index contributed by atoms with van der Waals surface area (Å²) in [6.45, 7) is 1.39. The summed E-state index contributed by atoms with van der Waals surface area (Å²) in [5.41, 5.74) is 8.08. The van der Waals surface area contributed by atoms with Crippen LogP contribution in [0.3, 0.4) is 0 Å². The summed E-state index contributed by atoms with van der Waals surface area (Å²) in [6, 6.07) is 12.6. The number of nitrogens with zero attached hydrogens (tertiary/aromatic N) is 1. The normalized spacial score (nSPS) is 24.3. The molecule has 3 fully saturated rings. The molecule has 0 bridgehead atoms. The molecule has 6 rings (SSSR count). The number of para-hydroxylation sites is 1. The largest absolute Gasteiger partial charge is 0.361 e. The fourth-order valence-corrected chi connectivity index (χ4v) is 8.81. The standard InChI is InChI=1S/C44H61N9O6/c45-44(59)48-23-9-18-34-39(54)47-22-10-19-35(46-24-21-29-12-3-1-4-13-29)43(58)53-25-11-20-38(53)42(57)52-36(26-30-14-5-2-6-15-30)40(55)51-37(41(56)50-34)27-31-28-49-33-17-8-7-16-32(31)33/h1,3-4,7-8,12-13,16-17,28,30,34-38,46,49H,2,5-6,9-11,14-15,18-27H2,(H,47,54)(H,50,56)(H,51,55)(H,52,57)(H3,45,48,59)/t34-,35-,36-,37-,38-/m0/s1. The Labute approximate surface area is 346 Å². The fraction of sp³-hybridized carbons (Fsp3) is 0.545.